The van der Waals surface area contributed by atoms with E-state index in [1.54, 1.807) is 11.3 Å². The number of nitrogens with zero attached hydrogens (tertiary/aromatic N) is 1. The molecule has 0 saturated heterocycles. The molecule has 2 nitrogen and oxygen atoms in total. The molecular weight excluding hydrogens is 266 g/mol. The molecule has 1 heterocycles. The van der Waals surface area contributed by atoms with E-state index in [1.807, 2.05) is 56.3 Å². The van der Waals surface area contributed by atoms with Gasteiger partial charge in [0.2, 0.25) is 0 Å². The maximum absolute atomic E-state index is 9.78. The average Bonchev–Trinajstić information content (AvgIpc) is 2.85. The second-order valence-electron chi connectivity index (χ2n) is 4.86. The van der Waals surface area contributed by atoms with E-state index in [-0.39, 0.29) is 0 Å². The minimum atomic E-state index is 0.377. The van der Waals surface area contributed by atoms with E-state index in [0.29, 0.717) is 5.75 Å². The van der Waals surface area contributed by atoms with Crippen molar-refractivity contribution < 1.29 is 5.11 Å². The van der Waals surface area contributed by atoms with Crippen molar-refractivity contribution in [2.24, 2.45) is 0 Å². The zero-order chi connectivity index (χ0) is 14.1. The Morgan fingerprint density at radius 3 is 2.45 bits per heavy atom. The summed E-state index contributed by atoms with van der Waals surface area (Å²) >= 11 is 1.68. The Kier molecular flexibility index (Phi) is 3.28. The maximum atomic E-state index is 9.78. The number of hydrogen-bond acceptors (Lipinski definition) is 3. The Balaban J connectivity index is 1.93. The van der Waals surface area contributed by atoms with Crippen LogP contribution in [0.5, 0.6) is 5.75 Å². The SMILES string of the molecule is Cc1cc(/C=C\c2nc3ccccc3s2)cc(C)c1O. The lowest BCUT2D eigenvalue weighted by atomic mass is 10.1. The summed E-state index contributed by atoms with van der Waals surface area (Å²) in [6.07, 6.45) is 4.06. The van der Waals surface area contributed by atoms with Gasteiger partial charge in [-0.15, -0.1) is 11.3 Å². The summed E-state index contributed by atoms with van der Waals surface area (Å²) in [4.78, 5) is 4.57. The van der Waals surface area contributed by atoms with Gasteiger partial charge in [0.1, 0.15) is 10.8 Å². The highest BCUT2D eigenvalue weighted by atomic mass is 32.1. The van der Waals surface area contributed by atoms with Crippen molar-refractivity contribution in [2.45, 2.75) is 13.8 Å². The van der Waals surface area contributed by atoms with E-state index in [0.717, 1.165) is 27.2 Å². The van der Waals surface area contributed by atoms with E-state index in [2.05, 4.69) is 11.1 Å². The van der Waals surface area contributed by atoms with Crippen LogP contribution in [0.15, 0.2) is 36.4 Å². The number of aromatic hydroxyl groups is 1. The lowest BCUT2D eigenvalue weighted by Gasteiger charge is -2.04. The van der Waals surface area contributed by atoms with Crippen molar-refractivity contribution in [1.82, 2.24) is 4.98 Å². The van der Waals surface area contributed by atoms with E-state index < -0.39 is 0 Å². The van der Waals surface area contributed by atoms with Crippen LogP contribution in [-0.4, -0.2) is 10.1 Å². The lowest BCUT2D eigenvalue weighted by molar-refractivity contribution is 0.467. The molecule has 0 spiro atoms. The molecule has 20 heavy (non-hydrogen) atoms. The summed E-state index contributed by atoms with van der Waals surface area (Å²) in [5.74, 6) is 0.377. The van der Waals surface area contributed by atoms with Gasteiger partial charge in [-0.25, -0.2) is 4.98 Å². The first-order chi connectivity index (χ1) is 9.63. The Morgan fingerprint density at radius 1 is 1.05 bits per heavy atom. The number of fused-ring (bicyclic) bond motifs is 1. The number of benzene rings is 2. The van der Waals surface area contributed by atoms with Crippen LogP contribution in [0, 0.1) is 13.8 Å². The van der Waals surface area contributed by atoms with Crippen LogP contribution in [0.25, 0.3) is 22.4 Å². The van der Waals surface area contributed by atoms with Crippen LogP contribution in [-0.2, 0) is 0 Å². The Morgan fingerprint density at radius 2 is 1.75 bits per heavy atom. The number of thiazole rings is 1. The molecule has 0 fully saturated rings. The Hall–Kier alpha value is -2.13. The second-order valence-corrected chi connectivity index (χ2v) is 5.92. The van der Waals surface area contributed by atoms with Crippen molar-refractivity contribution in [3.8, 4) is 5.75 Å². The molecule has 1 N–H and O–H groups in total. The number of phenolic OH excluding ortho intramolecular Hbond substituents is 1. The van der Waals surface area contributed by atoms with Gasteiger partial charge >= 0.3 is 0 Å². The average molecular weight is 281 g/mol. The summed E-state index contributed by atoms with van der Waals surface area (Å²) in [5, 5.41) is 10.8. The van der Waals surface area contributed by atoms with Crippen molar-refractivity contribution in [3.63, 3.8) is 0 Å². The highest BCUT2D eigenvalue weighted by molar-refractivity contribution is 7.19. The molecule has 0 aliphatic carbocycles. The van der Waals surface area contributed by atoms with Crippen molar-refractivity contribution >= 4 is 33.7 Å². The zero-order valence-electron chi connectivity index (χ0n) is 11.4. The van der Waals surface area contributed by atoms with Gasteiger partial charge in [-0.05, 0) is 60.9 Å². The van der Waals surface area contributed by atoms with Crippen LogP contribution < -0.4 is 0 Å². The fourth-order valence-electron chi connectivity index (χ4n) is 2.21. The Bertz CT molecular complexity index is 746. The molecule has 0 unspecified atom stereocenters. The van der Waals surface area contributed by atoms with Gasteiger partial charge in [-0.2, -0.15) is 0 Å². The van der Waals surface area contributed by atoms with Gasteiger partial charge in [-0.3, -0.25) is 0 Å². The van der Waals surface area contributed by atoms with E-state index in [1.165, 1.54) is 4.70 Å². The summed E-state index contributed by atoms with van der Waals surface area (Å²) < 4.78 is 1.20. The van der Waals surface area contributed by atoms with Crippen molar-refractivity contribution in [3.05, 3.63) is 58.1 Å². The second kappa shape index (κ2) is 5.10. The van der Waals surface area contributed by atoms with Crippen LogP contribution in [0.3, 0.4) is 0 Å². The minimum Gasteiger partial charge on any atom is -0.507 e. The van der Waals surface area contributed by atoms with Gasteiger partial charge in [0, 0.05) is 0 Å². The van der Waals surface area contributed by atoms with Crippen molar-refractivity contribution in [1.29, 1.82) is 0 Å². The normalized spacial score (nSPS) is 11.5. The quantitative estimate of drug-likeness (QED) is 0.732. The first-order valence-electron chi connectivity index (χ1n) is 6.47. The molecular formula is C17H15NOS. The van der Waals surface area contributed by atoms with Crippen LogP contribution in [0.2, 0.25) is 0 Å². The number of rotatable bonds is 2. The summed E-state index contributed by atoms with van der Waals surface area (Å²) in [5.41, 5.74) is 3.91. The molecule has 0 aliphatic heterocycles. The molecule has 0 amide bonds. The van der Waals surface area contributed by atoms with E-state index >= 15 is 0 Å². The van der Waals surface area contributed by atoms with Crippen LogP contribution in [0.4, 0.5) is 0 Å². The smallest absolute Gasteiger partial charge is 0.121 e. The fraction of sp³-hybridized carbons (Fsp3) is 0.118. The third-order valence-corrected chi connectivity index (χ3v) is 4.24. The van der Waals surface area contributed by atoms with E-state index in [4.69, 9.17) is 0 Å². The number of phenols is 1. The largest absolute Gasteiger partial charge is 0.507 e. The number of aromatic nitrogens is 1. The van der Waals surface area contributed by atoms with E-state index in [9.17, 15) is 5.11 Å². The monoisotopic (exact) mass is 281 g/mol. The molecule has 0 bridgehead atoms. The van der Waals surface area contributed by atoms with Gasteiger partial charge < -0.3 is 5.11 Å². The molecule has 0 saturated carbocycles. The maximum Gasteiger partial charge on any atom is 0.121 e. The molecule has 3 aromatic rings. The summed E-state index contributed by atoms with van der Waals surface area (Å²) in [6.45, 7) is 3.83. The minimum absolute atomic E-state index is 0.377. The number of aryl methyl sites for hydroxylation is 2. The molecule has 2 aromatic carbocycles. The number of para-hydroxylation sites is 1. The third-order valence-electron chi connectivity index (χ3n) is 3.24. The third kappa shape index (κ3) is 2.45. The predicted octanol–water partition coefficient (Wildman–Crippen LogP) is 4.79. The van der Waals surface area contributed by atoms with Gasteiger partial charge in [0.15, 0.2) is 0 Å². The molecule has 1 aromatic heterocycles. The zero-order valence-corrected chi connectivity index (χ0v) is 12.2. The summed E-state index contributed by atoms with van der Waals surface area (Å²) in [6, 6.07) is 12.1. The summed E-state index contributed by atoms with van der Waals surface area (Å²) in [7, 11) is 0. The standard InChI is InChI=1S/C17H15NOS/c1-11-9-13(10-12(2)17(11)19)7-8-16-18-14-5-3-4-6-15(14)20-16/h3-10,19H,1-2H3/b8-7-. The van der Waals surface area contributed by atoms with Gasteiger partial charge in [0.25, 0.3) is 0 Å². The molecule has 3 heteroatoms. The molecule has 3 rings (SSSR count). The van der Waals surface area contributed by atoms with Crippen LogP contribution in [0.1, 0.15) is 21.7 Å². The topological polar surface area (TPSA) is 33.1 Å². The first-order valence-corrected chi connectivity index (χ1v) is 7.29. The van der Waals surface area contributed by atoms with Crippen molar-refractivity contribution in [2.75, 3.05) is 0 Å². The predicted molar refractivity (Wildman–Crippen MR) is 86.1 cm³/mol. The highest BCUT2D eigenvalue weighted by Gasteiger charge is 2.02. The number of hydrogen-bond donors (Lipinski definition) is 1. The molecule has 0 aliphatic rings. The first kappa shape index (κ1) is 12.9. The van der Waals surface area contributed by atoms with Gasteiger partial charge in [-0.1, -0.05) is 18.2 Å². The molecule has 100 valence electrons. The molecule has 0 radical (unpaired) electrons. The molecule has 0 atom stereocenters. The Labute approximate surface area is 122 Å². The fourth-order valence-corrected chi connectivity index (χ4v) is 3.08. The highest BCUT2D eigenvalue weighted by Crippen LogP contribution is 2.26. The lowest BCUT2D eigenvalue weighted by Crippen LogP contribution is -1.82. The van der Waals surface area contributed by atoms with Crippen LogP contribution >= 0.6 is 11.3 Å². The van der Waals surface area contributed by atoms with Gasteiger partial charge in [0.05, 0.1) is 10.2 Å².